The quantitative estimate of drug-likeness (QED) is 0.700. The first kappa shape index (κ1) is 17.6. The molecule has 2 rings (SSSR count). The molecule has 0 spiro atoms. The van der Waals surface area contributed by atoms with Crippen molar-refractivity contribution in [2.75, 3.05) is 33.2 Å². The van der Waals surface area contributed by atoms with Crippen LogP contribution in [0.4, 0.5) is 0 Å². The molecular weight excluding hydrogens is 314 g/mol. The average molecular weight is 335 g/mol. The Morgan fingerprint density at radius 3 is 2.46 bits per heavy atom. The van der Waals surface area contributed by atoms with E-state index in [9.17, 15) is 19.2 Å². The number of rotatable bonds is 2. The fourth-order valence-electron chi connectivity index (χ4n) is 2.71. The van der Waals surface area contributed by atoms with E-state index >= 15 is 0 Å². The molecule has 0 saturated carbocycles. The summed E-state index contributed by atoms with van der Waals surface area (Å²) in [5.74, 6) is -1.35. The molecular formula is C15H21N5O4. The molecule has 1 atom stereocenters. The molecule has 0 radical (unpaired) electrons. The van der Waals surface area contributed by atoms with Gasteiger partial charge in [0.1, 0.15) is 5.69 Å². The van der Waals surface area contributed by atoms with Gasteiger partial charge in [-0.25, -0.2) is 4.79 Å². The van der Waals surface area contributed by atoms with Crippen molar-refractivity contribution in [3.8, 4) is 0 Å². The Labute approximate surface area is 139 Å². The van der Waals surface area contributed by atoms with Crippen molar-refractivity contribution in [3.63, 3.8) is 0 Å². The molecule has 0 unspecified atom stereocenters. The Balaban J connectivity index is 2.27. The van der Waals surface area contributed by atoms with E-state index in [0.29, 0.717) is 12.2 Å². The number of nitrogens with zero attached hydrogens (tertiary/aromatic N) is 3. The minimum atomic E-state index is -0.596. The van der Waals surface area contributed by atoms with Crippen LogP contribution in [0.3, 0.4) is 0 Å². The Hall–Kier alpha value is -2.71. The third-order valence-corrected chi connectivity index (χ3v) is 3.97. The van der Waals surface area contributed by atoms with Crippen molar-refractivity contribution >= 4 is 17.7 Å². The van der Waals surface area contributed by atoms with Crippen molar-refractivity contribution in [1.29, 1.82) is 0 Å². The van der Waals surface area contributed by atoms with Gasteiger partial charge in [0.2, 0.25) is 11.8 Å². The molecule has 1 aliphatic heterocycles. The molecule has 1 aromatic rings. The smallest absolute Gasteiger partial charge is 0.345 e. The van der Waals surface area contributed by atoms with E-state index in [0.717, 1.165) is 0 Å². The van der Waals surface area contributed by atoms with E-state index in [1.807, 2.05) is 0 Å². The molecule has 1 aromatic heterocycles. The van der Waals surface area contributed by atoms with Crippen LogP contribution in [0.15, 0.2) is 10.9 Å². The van der Waals surface area contributed by atoms with Crippen LogP contribution in [0.5, 0.6) is 0 Å². The maximum atomic E-state index is 12.7. The summed E-state index contributed by atoms with van der Waals surface area (Å²) in [7, 11) is 1.51. The summed E-state index contributed by atoms with van der Waals surface area (Å²) in [6.07, 6.45) is 0. The standard InChI is InChI=1S/C15H21N5O4/c1-9-6-12(18-15(24)17-9)14(23)20-5-4-19(10(2)21)7-11(8-20)13(22)16-3/h6,11H,4-5,7-8H2,1-3H3,(H,16,22)(H,17,18,24)/t11-/m1/s1. The van der Waals surface area contributed by atoms with Gasteiger partial charge in [0, 0.05) is 45.8 Å². The van der Waals surface area contributed by atoms with E-state index in [4.69, 9.17) is 0 Å². The summed E-state index contributed by atoms with van der Waals surface area (Å²) >= 11 is 0. The first-order chi connectivity index (χ1) is 11.3. The van der Waals surface area contributed by atoms with Crippen molar-refractivity contribution in [3.05, 3.63) is 27.9 Å². The van der Waals surface area contributed by atoms with Crippen LogP contribution in [0.25, 0.3) is 0 Å². The number of hydrogen-bond donors (Lipinski definition) is 2. The van der Waals surface area contributed by atoms with Crippen LogP contribution in [-0.2, 0) is 9.59 Å². The third-order valence-electron chi connectivity index (χ3n) is 3.97. The fraction of sp³-hybridized carbons (Fsp3) is 0.533. The van der Waals surface area contributed by atoms with E-state index in [1.54, 1.807) is 11.8 Å². The highest BCUT2D eigenvalue weighted by atomic mass is 16.2. The highest BCUT2D eigenvalue weighted by Gasteiger charge is 2.31. The second-order valence-electron chi connectivity index (χ2n) is 5.78. The van der Waals surface area contributed by atoms with Gasteiger partial charge in [-0.2, -0.15) is 4.98 Å². The first-order valence-electron chi connectivity index (χ1n) is 7.66. The molecule has 9 nitrogen and oxygen atoms in total. The van der Waals surface area contributed by atoms with Gasteiger partial charge in [-0.05, 0) is 13.0 Å². The molecule has 1 aliphatic rings. The van der Waals surface area contributed by atoms with Crippen LogP contribution in [0, 0.1) is 12.8 Å². The average Bonchev–Trinajstić information content (AvgIpc) is 2.75. The number of carbonyl (C=O) groups is 3. The van der Waals surface area contributed by atoms with Crippen molar-refractivity contribution in [1.82, 2.24) is 25.1 Å². The first-order valence-corrected chi connectivity index (χ1v) is 7.66. The van der Waals surface area contributed by atoms with Crippen LogP contribution < -0.4 is 11.0 Å². The molecule has 1 fully saturated rings. The maximum Gasteiger partial charge on any atom is 0.345 e. The molecule has 130 valence electrons. The lowest BCUT2D eigenvalue weighted by Gasteiger charge is -2.22. The normalized spacial score (nSPS) is 18.0. The summed E-state index contributed by atoms with van der Waals surface area (Å²) < 4.78 is 0. The lowest BCUT2D eigenvalue weighted by Crippen LogP contribution is -2.42. The topological polar surface area (TPSA) is 115 Å². The molecule has 1 saturated heterocycles. The number of carbonyl (C=O) groups excluding carboxylic acids is 3. The van der Waals surface area contributed by atoms with Crippen LogP contribution in [0.2, 0.25) is 0 Å². The summed E-state index contributed by atoms with van der Waals surface area (Å²) in [5, 5.41) is 2.55. The van der Waals surface area contributed by atoms with Crippen LogP contribution in [0.1, 0.15) is 23.1 Å². The molecule has 2 N–H and O–H groups in total. The minimum absolute atomic E-state index is 0.0307. The highest BCUT2D eigenvalue weighted by molar-refractivity contribution is 5.93. The molecule has 24 heavy (non-hydrogen) atoms. The number of nitrogens with one attached hydrogen (secondary N) is 2. The molecule has 0 bridgehead atoms. The summed E-state index contributed by atoms with van der Waals surface area (Å²) in [6, 6.07) is 1.49. The zero-order valence-electron chi connectivity index (χ0n) is 14.0. The van der Waals surface area contributed by atoms with Gasteiger partial charge >= 0.3 is 5.69 Å². The van der Waals surface area contributed by atoms with Crippen molar-refractivity contribution in [2.24, 2.45) is 5.92 Å². The predicted octanol–water partition coefficient (Wildman–Crippen LogP) is -1.26. The number of aromatic nitrogens is 2. The number of H-pyrrole nitrogens is 1. The fourth-order valence-corrected chi connectivity index (χ4v) is 2.71. The van der Waals surface area contributed by atoms with Gasteiger partial charge in [0.15, 0.2) is 0 Å². The second-order valence-corrected chi connectivity index (χ2v) is 5.78. The molecule has 3 amide bonds. The van der Waals surface area contributed by atoms with Gasteiger partial charge in [0.25, 0.3) is 5.91 Å². The lowest BCUT2D eigenvalue weighted by atomic mass is 10.1. The number of hydrogen-bond acceptors (Lipinski definition) is 5. The van der Waals surface area contributed by atoms with E-state index < -0.39 is 17.5 Å². The van der Waals surface area contributed by atoms with Gasteiger partial charge in [-0.1, -0.05) is 0 Å². The van der Waals surface area contributed by atoms with Gasteiger partial charge in [0.05, 0.1) is 5.92 Å². The minimum Gasteiger partial charge on any atom is -0.359 e. The Morgan fingerprint density at radius 2 is 1.88 bits per heavy atom. The molecule has 0 aliphatic carbocycles. The Kier molecular flexibility index (Phi) is 5.32. The Morgan fingerprint density at radius 1 is 1.25 bits per heavy atom. The number of amides is 3. The largest absolute Gasteiger partial charge is 0.359 e. The number of aromatic amines is 1. The van der Waals surface area contributed by atoms with Crippen LogP contribution in [-0.4, -0.2) is 70.7 Å². The summed E-state index contributed by atoms with van der Waals surface area (Å²) in [6.45, 7) is 4.11. The second kappa shape index (κ2) is 7.24. The number of aryl methyl sites for hydroxylation is 1. The monoisotopic (exact) mass is 335 g/mol. The van der Waals surface area contributed by atoms with Crippen LogP contribution >= 0.6 is 0 Å². The maximum absolute atomic E-state index is 12.7. The van der Waals surface area contributed by atoms with Crippen molar-refractivity contribution in [2.45, 2.75) is 13.8 Å². The highest BCUT2D eigenvalue weighted by Crippen LogP contribution is 2.13. The van der Waals surface area contributed by atoms with Gasteiger partial charge in [-0.15, -0.1) is 0 Å². The lowest BCUT2D eigenvalue weighted by molar-refractivity contribution is -0.130. The molecule has 9 heteroatoms. The van der Waals surface area contributed by atoms with E-state index in [2.05, 4.69) is 15.3 Å². The van der Waals surface area contributed by atoms with Crippen molar-refractivity contribution < 1.29 is 14.4 Å². The molecule has 2 heterocycles. The van der Waals surface area contributed by atoms with Gasteiger partial charge in [-0.3, -0.25) is 14.4 Å². The Bertz CT molecular complexity index is 714. The van der Waals surface area contributed by atoms with E-state index in [-0.39, 0.29) is 37.1 Å². The summed E-state index contributed by atoms with van der Waals surface area (Å²) in [5.41, 5.74) is -0.0362. The predicted molar refractivity (Wildman–Crippen MR) is 85.3 cm³/mol. The van der Waals surface area contributed by atoms with Gasteiger partial charge < -0.3 is 20.1 Å². The zero-order valence-corrected chi connectivity index (χ0v) is 14.0. The summed E-state index contributed by atoms with van der Waals surface area (Å²) in [4.78, 5) is 57.0. The van der Waals surface area contributed by atoms with E-state index in [1.165, 1.54) is 24.9 Å². The SMILES string of the molecule is CNC(=O)[C@@H]1CN(C(C)=O)CCN(C(=O)c2cc(C)[nH]c(=O)n2)C1. The zero-order chi connectivity index (χ0) is 17.9. The molecule has 0 aromatic carbocycles. The third kappa shape index (κ3) is 3.98.